The Morgan fingerprint density at radius 1 is 1.24 bits per heavy atom. The van der Waals surface area contributed by atoms with E-state index in [1.54, 1.807) is 7.11 Å². The fraction of sp³-hybridized carbons (Fsp3) is 0.500. The van der Waals surface area contributed by atoms with Gasteiger partial charge in [0, 0.05) is 12.1 Å². The Morgan fingerprint density at radius 2 is 1.95 bits per heavy atom. The number of allylic oxidation sites excluding steroid dienone is 1. The molecule has 0 atom stereocenters. The summed E-state index contributed by atoms with van der Waals surface area (Å²) in [6.07, 6.45) is 6.05. The van der Waals surface area contributed by atoms with Gasteiger partial charge in [-0.2, -0.15) is 0 Å². The van der Waals surface area contributed by atoms with Crippen LogP contribution in [0.3, 0.4) is 0 Å². The normalized spacial score (nSPS) is 17.9. The van der Waals surface area contributed by atoms with Gasteiger partial charge in [-0.1, -0.05) is 30.7 Å². The lowest BCUT2D eigenvalue weighted by Gasteiger charge is -2.26. The fourth-order valence-corrected chi connectivity index (χ4v) is 2.70. The number of ether oxygens (including phenoxy) is 1. The Balaban J connectivity index is 2.15. The van der Waals surface area contributed by atoms with Crippen LogP contribution in [0, 0.1) is 6.92 Å². The van der Waals surface area contributed by atoms with E-state index in [0.717, 1.165) is 17.8 Å². The van der Waals surface area contributed by atoms with Gasteiger partial charge < -0.3 is 4.74 Å². The molecule has 3 nitrogen and oxygen atoms in total. The summed E-state index contributed by atoms with van der Waals surface area (Å²) in [5.41, 5.74) is 3.33. The molecule has 1 aliphatic heterocycles. The minimum Gasteiger partial charge on any atom is -0.481 e. The fourth-order valence-electron chi connectivity index (χ4n) is 2.70. The molecule has 0 aromatic heterocycles. The highest BCUT2D eigenvalue weighted by Crippen LogP contribution is 2.14. The Morgan fingerprint density at radius 3 is 2.57 bits per heavy atom. The average Bonchev–Trinajstić information content (AvgIpc) is 2.53. The molecule has 0 saturated carbocycles. The third-order valence-corrected chi connectivity index (χ3v) is 3.98. The largest absolute Gasteiger partial charge is 0.481 e. The molecule has 1 aromatic rings. The topological polar surface area (TPSA) is 24.8 Å². The van der Waals surface area contributed by atoms with Gasteiger partial charge in [0.1, 0.15) is 0 Å². The molecule has 21 heavy (non-hydrogen) atoms. The monoisotopic (exact) mass is 286 g/mol. The molecule has 1 aliphatic rings. The first kappa shape index (κ1) is 15.8. The summed E-state index contributed by atoms with van der Waals surface area (Å²) in [4.78, 5) is 7.23. The van der Waals surface area contributed by atoms with Gasteiger partial charge in [0.2, 0.25) is 5.90 Å². The van der Waals surface area contributed by atoms with Crippen molar-refractivity contribution in [2.24, 2.45) is 4.99 Å². The number of piperidine rings is 1. The van der Waals surface area contributed by atoms with E-state index in [9.17, 15) is 0 Å². The number of nitrogens with zero attached hydrogens (tertiary/aromatic N) is 2. The second-order valence-corrected chi connectivity index (χ2v) is 5.55. The van der Waals surface area contributed by atoms with Crippen molar-refractivity contribution in [2.45, 2.75) is 33.1 Å². The summed E-state index contributed by atoms with van der Waals surface area (Å²) in [7, 11) is 1.69. The molecule has 1 heterocycles. The summed E-state index contributed by atoms with van der Waals surface area (Å²) in [5, 5.41) is 0. The molecule has 1 saturated heterocycles. The van der Waals surface area contributed by atoms with Gasteiger partial charge in [0.05, 0.1) is 12.8 Å². The van der Waals surface area contributed by atoms with Crippen molar-refractivity contribution in [3.8, 4) is 0 Å². The molecule has 0 bridgehead atoms. The molecule has 0 N–H and O–H groups in total. The first-order valence-corrected chi connectivity index (χ1v) is 7.81. The third kappa shape index (κ3) is 4.43. The van der Waals surface area contributed by atoms with Crippen LogP contribution < -0.4 is 0 Å². The van der Waals surface area contributed by atoms with E-state index in [-0.39, 0.29) is 0 Å². The standard InChI is InChI=1S/C18H26N2O/c1-4-16(14-20-12-8-5-9-13-20)19-18(21-3)17-11-7-6-10-15(17)2/h4,6-7,10-11H,5,8-9,12-14H2,1-3H3/b16-4+,19-18?. The minimum atomic E-state index is 0.707. The first-order valence-electron chi connectivity index (χ1n) is 7.81. The van der Waals surface area contributed by atoms with E-state index in [1.165, 1.54) is 37.9 Å². The summed E-state index contributed by atoms with van der Waals surface area (Å²) in [5.74, 6) is 0.707. The van der Waals surface area contributed by atoms with E-state index in [0.29, 0.717) is 5.90 Å². The molecule has 0 radical (unpaired) electrons. The van der Waals surface area contributed by atoms with Crippen LogP contribution in [0.25, 0.3) is 0 Å². The second kappa shape index (κ2) is 7.99. The summed E-state index contributed by atoms with van der Waals surface area (Å²) in [6, 6.07) is 8.21. The molecule has 0 unspecified atom stereocenters. The van der Waals surface area contributed by atoms with Gasteiger partial charge in [-0.15, -0.1) is 0 Å². The molecule has 0 spiro atoms. The van der Waals surface area contributed by atoms with Crippen LogP contribution in [0.4, 0.5) is 0 Å². The van der Waals surface area contributed by atoms with Crippen molar-refractivity contribution in [3.63, 3.8) is 0 Å². The number of likely N-dealkylation sites (tertiary alicyclic amines) is 1. The van der Waals surface area contributed by atoms with E-state index >= 15 is 0 Å². The summed E-state index contributed by atoms with van der Waals surface area (Å²) < 4.78 is 5.53. The Bertz CT molecular complexity index is 514. The number of hydrogen-bond donors (Lipinski definition) is 0. The van der Waals surface area contributed by atoms with Crippen molar-refractivity contribution in [1.29, 1.82) is 0 Å². The summed E-state index contributed by atoms with van der Waals surface area (Å²) >= 11 is 0. The number of rotatable bonds is 4. The zero-order chi connectivity index (χ0) is 15.1. The van der Waals surface area contributed by atoms with E-state index in [2.05, 4.69) is 30.0 Å². The van der Waals surface area contributed by atoms with Crippen molar-refractivity contribution in [3.05, 3.63) is 47.2 Å². The Kier molecular flexibility index (Phi) is 6.00. The SMILES string of the molecule is C/C=C(\CN1CCCCC1)N=C(OC)c1ccccc1C. The van der Waals surface area contributed by atoms with Gasteiger partial charge in [-0.3, -0.25) is 4.90 Å². The molecule has 0 amide bonds. The predicted octanol–water partition coefficient (Wildman–Crippen LogP) is 3.78. The quantitative estimate of drug-likeness (QED) is 0.621. The zero-order valence-corrected chi connectivity index (χ0v) is 13.4. The molecular weight excluding hydrogens is 260 g/mol. The lowest BCUT2D eigenvalue weighted by molar-refractivity contribution is 0.245. The summed E-state index contributed by atoms with van der Waals surface area (Å²) in [6.45, 7) is 7.41. The van der Waals surface area contributed by atoms with Crippen molar-refractivity contribution in [1.82, 2.24) is 4.90 Å². The zero-order valence-electron chi connectivity index (χ0n) is 13.4. The van der Waals surface area contributed by atoms with Crippen LogP contribution in [0.5, 0.6) is 0 Å². The van der Waals surface area contributed by atoms with Crippen molar-refractivity contribution in [2.75, 3.05) is 26.7 Å². The highest BCUT2D eigenvalue weighted by molar-refractivity contribution is 5.96. The molecule has 2 rings (SSSR count). The lowest BCUT2D eigenvalue weighted by Crippen LogP contribution is -2.31. The molecule has 3 heteroatoms. The van der Waals surface area contributed by atoms with Crippen molar-refractivity contribution < 1.29 is 4.74 Å². The highest BCUT2D eigenvalue weighted by atomic mass is 16.5. The van der Waals surface area contributed by atoms with Gasteiger partial charge in [-0.05, 0) is 51.4 Å². The smallest absolute Gasteiger partial charge is 0.220 e. The van der Waals surface area contributed by atoms with Gasteiger partial charge in [0.15, 0.2) is 0 Å². The maximum atomic E-state index is 5.53. The molecular formula is C18H26N2O. The van der Waals surface area contributed by atoms with Gasteiger partial charge >= 0.3 is 0 Å². The van der Waals surface area contributed by atoms with Crippen LogP contribution in [-0.4, -0.2) is 37.5 Å². The van der Waals surface area contributed by atoms with Crippen LogP contribution in [0.1, 0.15) is 37.3 Å². The predicted molar refractivity (Wildman–Crippen MR) is 88.8 cm³/mol. The number of methoxy groups -OCH3 is 1. The second-order valence-electron chi connectivity index (χ2n) is 5.55. The molecule has 1 aromatic carbocycles. The van der Waals surface area contributed by atoms with Crippen LogP contribution >= 0.6 is 0 Å². The minimum absolute atomic E-state index is 0.707. The van der Waals surface area contributed by atoms with Crippen LogP contribution in [0.2, 0.25) is 0 Å². The average molecular weight is 286 g/mol. The number of hydrogen-bond acceptors (Lipinski definition) is 3. The molecule has 0 aliphatic carbocycles. The molecule has 1 fully saturated rings. The van der Waals surface area contributed by atoms with Gasteiger partial charge in [0.25, 0.3) is 0 Å². The van der Waals surface area contributed by atoms with Crippen LogP contribution in [-0.2, 0) is 4.74 Å². The van der Waals surface area contributed by atoms with E-state index in [1.807, 2.05) is 19.1 Å². The van der Waals surface area contributed by atoms with E-state index in [4.69, 9.17) is 9.73 Å². The third-order valence-electron chi connectivity index (χ3n) is 3.98. The van der Waals surface area contributed by atoms with Gasteiger partial charge in [-0.25, -0.2) is 4.99 Å². The lowest BCUT2D eigenvalue weighted by atomic mass is 10.1. The Hall–Kier alpha value is -1.61. The first-order chi connectivity index (χ1) is 10.2. The number of benzene rings is 1. The molecule has 114 valence electrons. The van der Waals surface area contributed by atoms with E-state index < -0.39 is 0 Å². The van der Waals surface area contributed by atoms with Crippen LogP contribution in [0.15, 0.2) is 41.0 Å². The number of aliphatic imine (C=N–C) groups is 1. The highest BCUT2D eigenvalue weighted by Gasteiger charge is 2.13. The number of aryl methyl sites for hydroxylation is 1. The maximum Gasteiger partial charge on any atom is 0.220 e. The van der Waals surface area contributed by atoms with Crippen molar-refractivity contribution >= 4 is 5.90 Å². The Labute approximate surface area is 128 Å². The maximum absolute atomic E-state index is 5.53.